The van der Waals surface area contributed by atoms with Gasteiger partial charge in [-0.3, -0.25) is 19.7 Å². The SMILES string of the molecule is CC(Nc1c(Cl)cnc2cnc(-c3cnc(N4CCN(CC(=O)O)CC4)nc3)cc12)c1ccccc1F. The zero-order valence-electron chi connectivity index (χ0n) is 20.1. The van der Waals surface area contributed by atoms with E-state index in [1.165, 1.54) is 6.07 Å². The van der Waals surface area contributed by atoms with Crippen LogP contribution in [0.4, 0.5) is 16.0 Å². The molecular weight excluding hydrogens is 497 g/mol. The van der Waals surface area contributed by atoms with Gasteiger partial charge in [-0.15, -0.1) is 0 Å². The number of carbonyl (C=O) groups is 1. The highest BCUT2D eigenvalue weighted by Crippen LogP contribution is 2.34. The van der Waals surface area contributed by atoms with E-state index >= 15 is 0 Å². The molecule has 0 aliphatic carbocycles. The maximum absolute atomic E-state index is 14.3. The van der Waals surface area contributed by atoms with Gasteiger partial charge in [0.25, 0.3) is 0 Å². The van der Waals surface area contributed by atoms with Gasteiger partial charge < -0.3 is 15.3 Å². The summed E-state index contributed by atoms with van der Waals surface area (Å²) in [4.78, 5) is 32.8. The van der Waals surface area contributed by atoms with E-state index in [1.807, 2.05) is 22.8 Å². The highest BCUT2D eigenvalue weighted by molar-refractivity contribution is 6.34. The molecule has 0 bridgehead atoms. The number of nitrogens with one attached hydrogen (secondary N) is 1. The molecule has 9 nitrogen and oxygen atoms in total. The summed E-state index contributed by atoms with van der Waals surface area (Å²) < 4.78 is 14.3. The van der Waals surface area contributed by atoms with E-state index in [0.717, 1.165) is 10.9 Å². The average Bonchev–Trinajstić information content (AvgIpc) is 2.90. The zero-order chi connectivity index (χ0) is 25.9. The van der Waals surface area contributed by atoms with E-state index in [-0.39, 0.29) is 18.4 Å². The maximum Gasteiger partial charge on any atom is 0.317 e. The molecule has 5 rings (SSSR count). The Hall–Kier alpha value is -3.89. The molecule has 0 saturated carbocycles. The molecule has 1 aromatic carbocycles. The van der Waals surface area contributed by atoms with Gasteiger partial charge in [0.2, 0.25) is 5.95 Å². The fourth-order valence-electron chi connectivity index (χ4n) is 4.41. The van der Waals surface area contributed by atoms with Crippen molar-refractivity contribution in [2.45, 2.75) is 13.0 Å². The van der Waals surface area contributed by atoms with E-state index in [9.17, 15) is 9.18 Å². The second-order valence-electron chi connectivity index (χ2n) is 8.88. The Morgan fingerprint density at radius 3 is 2.51 bits per heavy atom. The fourth-order valence-corrected chi connectivity index (χ4v) is 4.61. The molecule has 1 saturated heterocycles. The molecule has 0 radical (unpaired) electrons. The van der Waals surface area contributed by atoms with Crippen molar-refractivity contribution in [1.29, 1.82) is 0 Å². The Kier molecular flexibility index (Phi) is 7.11. The zero-order valence-corrected chi connectivity index (χ0v) is 20.9. The van der Waals surface area contributed by atoms with E-state index in [4.69, 9.17) is 16.7 Å². The summed E-state index contributed by atoms with van der Waals surface area (Å²) in [6.45, 7) is 4.49. The molecule has 11 heteroatoms. The molecule has 2 N–H and O–H groups in total. The quantitative estimate of drug-likeness (QED) is 0.369. The topological polar surface area (TPSA) is 107 Å². The average molecular weight is 522 g/mol. The highest BCUT2D eigenvalue weighted by atomic mass is 35.5. The van der Waals surface area contributed by atoms with E-state index in [1.54, 1.807) is 43.0 Å². The Morgan fingerprint density at radius 1 is 1.08 bits per heavy atom. The number of hydrogen-bond donors (Lipinski definition) is 2. The van der Waals surface area contributed by atoms with Gasteiger partial charge >= 0.3 is 5.97 Å². The van der Waals surface area contributed by atoms with Crippen LogP contribution in [0.5, 0.6) is 0 Å². The van der Waals surface area contributed by atoms with Gasteiger partial charge in [0.05, 0.1) is 40.7 Å². The van der Waals surface area contributed by atoms with Crippen LogP contribution in [0.3, 0.4) is 0 Å². The number of aliphatic carboxylic acids is 1. The van der Waals surface area contributed by atoms with E-state index in [0.29, 0.717) is 59.6 Å². The highest BCUT2D eigenvalue weighted by Gasteiger charge is 2.21. The molecule has 0 amide bonds. The second-order valence-corrected chi connectivity index (χ2v) is 9.29. The molecule has 1 aliphatic heterocycles. The van der Waals surface area contributed by atoms with E-state index in [2.05, 4.69) is 25.3 Å². The van der Waals surface area contributed by atoms with Crippen molar-refractivity contribution in [3.05, 3.63) is 71.5 Å². The molecule has 190 valence electrons. The summed E-state index contributed by atoms with van der Waals surface area (Å²) in [7, 11) is 0. The number of carboxylic acid groups (broad SMARTS) is 1. The molecule has 1 unspecified atom stereocenters. The van der Waals surface area contributed by atoms with Crippen molar-refractivity contribution in [2.24, 2.45) is 0 Å². The first-order valence-corrected chi connectivity index (χ1v) is 12.2. The van der Waals surface area contributed by atoms with Crippen LogP contribution in [0.1, 0.15) is 18.5 Å². The van der Waals surface area contributed by atoms with Gasteiger partial charge in [-0.05, 0) is 19.1 Å². The van der Waals surface area contributed by atoms with Crippen molar-refractivity contribution in [3.8, 4) is 11.3 Å². The number of carboxylic acids is 1. The van der Waals surface area contributed by atoms with Crippen molar-refractivity contribution in [1.82, 2.24) is 24.8 Å². The fraction of sp³-hybridized carbons (Fsp3) is 0.269. The Balaban J connectivity index is 1.38. The summed E-state index contributed by atoms with van der Waals surface area (Å²) in [6.07, 6.45) is 6.64. The number of aromatic nitrogens is 4. The third-order valence-electron chi connectivity index (χ3n) is 6.39. The molecule has 1 atom stereocenters. The lowest BCUT2D eigenvalue weighted by atomic mass is 10.1. The van der Waals surface area contributed by atoms with Gasteiger partial charge in [-0.2, -0.15) is 0 Å². The number of fused-ring (bicyclic) bond motifs is 1. The van der Waals surface area contributed by atoms with Crippen LogP contribution in [0.2, 0.25) is 5.02 Å². The number of halogens is 2. The van der Waals surface area contributed by atoms with E-state index < -0.39 is 5.97 Å². The van der Waals surface area contributed by atoms with Gasteiger partial charge in [0, 0.05) is 61.3 Å². The summed E-state index contributed by atoms with van der Waals surface area (Å²) in [6, 6.07) is 8.16. The Morgan fingerprint density at radius 2 is 1.81 bits per heavy atom. The van der Waals surface area contributed by atoms with Crippen LogP contribution in [0, 0.1) is 5.82 Å². The first-order valence-electron chi connectivity index (χ1n) is 11.9. The smallest absolute Gasteiger partial charge is 0.317 e. The number of piperazine rings is 1. The predicted molar refractivity (Wildman–Crippen MR) is 140 cm³/mol. The van der Waals surface area contributed by atoms with Crippen LogP contribution >= 0.6 is 11.6 Å². The number of anilines is 2. The second kappa shape index (κ2) is 10.6. The van der Waals surface area contributed by atoms with Crippen molar-refractivity contribution in [3.63, 3.8) is 0 Å². The number of pyridine rings is 2. The van der Waals surface area contributed by atoms with Crippen LogP contribution in [0.25, 0.3) is 22.2 Å². The Labute approximate surface area is 218 Å². The van der Waals surface area contributed by atoms with Crippen molar-refractivity contribution in [2.75, 3.05) is 42.9 Å². The molecular formula is C26H25ClFN7O2. The number of nitrogens with zero attached hydrogens (tertiary/aromatic N) is 6. The third-order valence-corrected chi connectivity index (χ3v) is 6.68. The van der Waals surface area contributed by atoms with Crippen molar-refractivity contribution >= 4 is 40.1 Å². The van der Waals surface area contributed by atoms with Crippen molar-refractivity contribution < 1.29 is 14.3 Å². The van der Waals surface area contributed by atoms with Crippen LogP contribution in [-0.4, -0.2) is 68.6 Å². The van der Waals surface area contributed by atoms with Crippen LogP contribution in [-0.2, 0) is 4.79 Å². The normalized spacial score (nSPS) is 15.1. The summed E-state index contributed by atoms with van der Waals surface area (Å²) in [5.41, 5.74) is 3.20. The van der Waals surface area contributed by atoms with Crippen LogP contribution < -0.4 is 10.2 Å². The summed E-state index contributed by atoms with van der Waals surface area (Å²) in [5.74, 6) is -0.529. The standard InChI is InChI=1S/C26H25ClFN7O2/c1-16(18-4-2-3-5-21(18)28)33-25-19-10-22(30-14-23(19)29-13-20(25)27)17-11-31-26(32-12-17)35-8-6-34(7-9-35)15-24(36)37/h2-5,10-14,16H,6-9,15H2,1H3,(H,29,33)(H,36,37). The first kappa shape index (κ1) is 24.8. The largest absolute Gasteiger partial charge is 0.480 e. The minimum Gasteiger partial charge on any atom is -0.480 e. The maximum atomic E-state index is 14.3. The van der Waals surface area contributed by atoms with Gasteiger partial charge in [-0.25, -0.2) is 14.4 Å². The minimum atomic E-state index is -0.825. The lowest BCUT2D eigenvalue weighted by Crippen LogP contribution is -2.48. The molecule has 4 heterocycles. The lowest BCUT2D eigenvalue weighted by molar-refractivity contribution is -0.138. The number of benzene rings is 1. The predicted octanol–water partition coefficient (Wildman–Crippen LogP) is 4.26. The molecule has 1 aliphatic rings. The van der Waals surface area contributed by atoms with Crippen LogP contribution in [0.15, 0.2) is 55.1 Å². The summed E-state index contributed by atoms with van der Waals surface area (Å²) in [5, 5.41) is 13.5. The van der Waals surface area contributed by atoms with Gasteiger partial charge in [-0.1, -0.05) is 29.8 Å². The number of hydrogen-bond acceptors (Lipinski definition) is 8. The monoisotopic (exact) mass is 521 g/mol. The number of rotatable bonds is 7. The molecule has 37 heavy (non-hydrogen) atoms. The van der Waals surface area contributed by atoms with Gasteiger partial charge in [0.15, 0.2) is 0 Å². The Bertz CT molecular complexity index is 1430. The molecule has 4 aromatic rings. The first-order chi connectivity index (χ1) is 17.9. The molecule has 1 fully saturated rings. The lowest BCUT2D eigenvalue weighted by Gasteiger charge is -2.33. The third kappa shape index (κ3) is 5.45. The van der Waals surface area contributed by atoms with Gasteiger partial charge in [0.1, 0.15) is 5.82 Å². The summed E-state index contributed by atoms with van der Waals surface area (Å²) >= 11 is 6.51. The molecule has 3 aromatic heterocycles. The molecule has 0 spiro atoms. The minimum absolute atomic E-state index is 0.0378.